The van der Waals surface area contributed by atoms with Gasteiger partial charge < -0.3 is 4.74 Å². The summed E-state index contributed by atoms with van der Waals surface area (Å²) < 4.78 is 5.52. The number of fused-ring (bicyclic) bond motifs is 2. The third-order valence-electron chi connectivity index (χ3n) is 3.47. The Morgan fingerprint density at radius 2 is 1.59 bits per heavy atom. The van der Waals surface area contributed by atoms with Crippen LogP contribution in [0.1, 0.15) is 27.8 Å². The van der Waals surface area contributed by atoms with Crippen molar-refractivity contribution in [2.24, 2.45) is 0 Å². The molecular weight excluding hydrogens is 208 g/mol. The van der Waals surface area contributed by atoms with Crippen molar-refractivity contribution in [3.63, 3.8) is 0 Å². The van der Waals surface area contributed by atoms with Crippen LogP contribution in [0.3, 0.4) is 0 Å². The van der Waals surface area contributed by atoms with Gasteiger partial charge in [-0.3, -0.25) is 0 Å². The lowest BCUT2D eigenvalue weighted by atomic mass is 9.93. The molecule has 2 aliphatic heterocycles. The lowest BCUT2D eigenvalue weighted by molar-refractivity contribution is 0.432. The Hall–Kier alpha value is -1.76. The summed E-state index contributed by atoms with van der Waals surface area (Å²) in [5, 5.41) is 0. The average molecular weight is 224 g/mol. The van der Waals surface area contributed by atoms with E-state index >= 15 is 0 Å². The Kier molecular flexibility index (Phi) is 2.22. The van der Waals surface area contributed by atoms with E-state index in [1.807, 2.05) is 6.07 Å². The van der Waals surface area contributed by atoms with E-state index in [0.717, 1.165) is 17.9 Å². The van der Waals surface area contributed by atoms with Crippen molar-refractivity contribution in [2.45, 2.75) is 27.2 Å². The van der Waals surface area contributed by atoms with Gasteiger partial charge in [-0.1, -0.05) is 23.8 Å². The highest BCUT2D eigenvalue weighted by molar-refractivity contribution is 5.53. The lowest BCUT2D eigenvalue weighted by Crippen LogP contribution is -2.03. The fraction of sp³-hybridized carbons (Fsp3) is 0.250. The fourth-order valence-corrected chi connectivity index (χ4v) is 2.59. The Labute approximate surface area is 102 Å². The maximum absolute atomic E-state index is 5.52. The number of ether oxygens (including phenoxy) is 1. The van der Waals surface area contributed by atoms with Crippen molar-refractivity contribution in [3.05, 3.63) is 58.1 Å². The zero-order valence-electron chi connectivity index (χ0n) is 10.5. The molecule has 0 fully saturated rings. The number of hydrogen-bond acceptors (Lipinski definition) is 1. The molecule has 2 bridgehead atoms. The molecule has 0 radical (unpaired) electrons. The second kappa shape index (κ2) is 3.63. The molecule has 0 atom stereocenters. The van der Waals surface area contributed by atoms with Crippen molar-refractivity contribution in [3.8, 4) is 11.5 Å². The van der Waals surface area contributed by atoms with E-state index in [0.29, 0.717) is 0 Å². The predicted molar refractivity (Wildman–Crippen MR) is 70.0 cm³/mol. The molecule has 0 saturated carbocycles. The van der Waals surface area contributed by atoms with Crippen LogP contribution >= 0.6 is 0 Å². The maximum atomic E-state index is 5.52. The molecule has 0 aliphatic carbocycles. The molecule has 4 rings (SSSR count). The summed E-state index contributed by atoms with van der Waals surface area (Å²) >= 11 is 0. The zero-order chi connectivity index (χ0) is 12.0. The van der Waals surface area contributed by atoms with Crippen LogP contribution in [0.25, 0.3) is 0 Å². The molecule has 1 heteroatoms. The third-order valence-corrected chi connectivity index (χ3v) is 3.47. The summed E-state index contributed by atoms with van der Waals surface area (Å²) in [6, 6.07) is 10.8. The largest absolute Gasteiger partial charge is 0.457 e. The van der Waals surface area contributed by atoms with Crippen LogP contribution in [0.5, 0.6) is 11.5 Å². The van der Waals surface area contributed by atoms with Crippen LogP contribution < -0.4 is 4.74 Å². The van der Waals surface area contributed by atoms with Crippen LogP contribution in [0.2, 0.25) is 0 Å². The molecule has 0 saturated heterocycles. The van der Waals surface area contributed by atoms with Crippen molar-refractivity contribution < 1.29 is 4.74 Å². The highest BCUT2D eigenvalue weighted by Crippen LogP contribution is 2.39. The number of hydrogen-bond donors (Lipinski definition) is 0. The molecule has 0 aromatic heterocycles. The van der Waals surface area contributed by atoms with Gasteiger partial charge in [0.15, 0.2) is 0 Å². The van der Waals surface area contributed by atoms with Crippen molar-refractivity contribution in [2.75, 3.05) is 0 Å². The van der Waals surface area contributed by atoms with Gasteiger partial charge in [0.2, 0.25) is 0 Å². The van der Waals surface area contributed by atoms with Gasteiger partial charge in [-0.2, -0.15) is 0 Å². The topological polar surface area (TPSA) is 9.23 Å². The molecule has 0 amide bonds. The minimum absolute atomic E-state index is 0.966. The molecule has 17 heavy (non-hydrogen) atoms. The Morgan fingerprint density at radius 1 is 0.941 bits per heavy atom. The van der Waals surface area contributed by atoms with E-state index in [9.17, 15) is 0 Å². The van der Waals surface area contributed by atoms with Crippen molar-refractivity contribution in [1.82, 2.24) is 0 Å². The van der Waals surface area contributed by atoms with Crippen LogP contribution in [0.15, 0.2) is 30.3 Å². The molecule has 2 aliphatic rings. The lowest BCUT2D eigenvalue weighted by Gasteiger charge is -2.21. The molecular formula is C16H16O. The first-order valence-electron chi connectivity index (χ1n) is 6.01. The van der Waals surface area contributed by atoms with Gasteiger partial charge >= 0.3 is 0 Å². The molecule has 0 spiro atoms. The summed E-state index contributed by atoms with van der Waals surface area (Å²) in [6.07, 6.45) is 0.966. The van der Waals surface area contributed by atoms with Gasteiger partial charge in [0.25, 0.3) is 0 Å². The van der Waals surface area contributed by atoms with E-state index in [2.05, 4.69) is 45.0 Å². The first-order chi connectivity index (χ1) is 8.13. The molecule has 2 heterocycles. The predicted octanol–water partition coefficient (Wildman–Crippen LogP) is 4.31. The summed E-state index contributed by atoms with van der Waals surface area (Å²) in [5.41, 5.74) is 6.80. The van der Waals surface area contributed by atoms with E-state index in [1.165, 1.54) is 27.8 Å². The monoisotopic (exact) mass is 224 g/mol. The quantitative estimate of drug-likeness (QED) is 0.630. The highest BCUT2D eigenvalue weighted by atomic mass is 16.5. The van der Waals surface area contributed by atoms with Gasteiger partial charge in [-0.05, 0) is 49.1 Å². The Balaban J connectivity index is 1.99. The molecule has 2 aromatic carbocycles. The zero-order valence-corrected chi connectivity index (χ0v) is 10.5. The van der Waals surface area contributed by atoms with Crippen LogP contribution in [-0.4, -0.2) is 0 Å². The van der Waals surface area contributed by atoms with Gasteiger partial charge in [0.05, 0.1) is 0 Å². The highest BCUT2D eigenvalue weighted by Gasteiger charge is 2.16. The normalized spacial score (nSPS) is 11.9. The van der Waals surface area contributed by atoms with Gasteiger partial charge in [0.1, 0.15) is 11.5 Å². The molecule has 86 valence electrons. The summed E-state index contributed by atoms with van der Waals surface area (Å²) in [5.74, 6) is 2.03. The maximum Gasteiger partial charge on any atom is 0.134 e. The molecule has 0 N–H and O–H groups in total. The first-order valence-corrected chi connectivity index (χ1v) is 6.01. The number of rotatable bonds is 2. The smallest absolute Gasteiger partial charge is 0.134 e. The number of benzene rings is 2. The van der Waals surface area contributed by atoms with Crippen LogP contribution in [0, 0.1) is 20.8 Å². The average Bonchev–Trinajstić information content (AvgIpc) is 2.22. The minimum atomic E-state index is 0.966. The first kappa shape index (κ1) is 10.4. The fourth-order valence-electron chi connectivity index (χ4n) is 2.59. The summed E-state index contributed by atoms with van der Waals surface area (Å²) in [4.78, 5) is 0. The minimum Gasteiger partial charge on any atom is -0.457 e. The van der Waals surface area contributed by atoms with Gasteiger partial charge in [0, 0.05) is 12.5 Å². The molecule has 1 nitrogen and oxygen atoms in total. The SMILES string of the molecule is Cc1cc(C)c(Cc2ccc3cc2O3)c(C)c1. The standard InChI is InChI=1S/C16H16O/c1-10-6-11(2)15(12(3)7-10)8-13-4-5-14-9-16(13)17-14/h4-7,9H,8H2,1-3H3. The second-order valence-electron chi connectivity index (χ2n) is 4.93. The van der Waals surface area contributed by atoms with Gasteiger partial charge in [-0.25, -0.2) is 0 Å². The van der Waals surface area contributed by atoms with E-state index in [-0.39, 0.29) is 0 Å². The second-order valence-corrected chi connectivity index (χ2v) is 4.93. The molecule has 0 unspecified atom stereocenters. The van der Waals surface area contributed by atoms with Gasteiger partial charge in [-0.15, -0.1) is 0 Å². The van der Waals surface area contributed by atoms with Crippen molar-refractivity contribution >= 4 is 0 Å². The van der Waals surface area contributed by atoms with Crippen LogP contribution in [0.4, 0.5) is 0 Å². The number of aryl methyl sites for hydroxylation is 3. The van der Waals surface area contributed by atoms with Crippen LogP contribution in [-0.2, 0) is 6.42 Å². The van der Waals surface area contributed by atoms with E-state index < -0.39 is 0 Å². The van der Waals surface area contributed by atoms with E-state index in [4.69, 9.17) is 4.74 Å². The summed E-state index contributed by atoms with van der Waals surface area (Å²) in [7, 11) is 0. The molecule has 2 aromatic rings. The third kappa shape index (κ3) is 1.72. The Morgan fingerprint density at radius 3 is 2.12 bits per heavy atom. The Bertz CT molecular complexity index is 570. The summed E-state index contributed by atoms with van der Waals surface area (Å²) in [6.45, 7) is 6.53. The van der Waals surface area contributed by atoms with E-state index in [1.54, 1.807) is 0 Å². The van der Waals surface area contributed by atoms with Crippen molar-refractivity contribution in [1.29, 1.82) is 0 Å².